The van der Waals surface area contributed by atoms with Gasteiger partial charge in [-0.2, -0.15) is 0 Å². The molecule has 10 nitrogen and oxygen atoms in total. The van der Waals surface area contributed by atoms with Gasteiger partial charge in [0.1, 0.15) is 17.8 Å². The van der Waals surface area contributed by atoms with Gasteiger partial charge in [0, 0.05) is 58.4 Å². The fourth-order valence-corrected chi connectivity index (χ4v) is 3.21. The first-order valence-electron chi connectivity index (χ1n) is 9.74. The molecule has 10 heteroatoms. The number of carbonyl (C=O) groups excluding carboxylic acids is 2. The lowest BCUT2D eigenvalue weighted by molar-refractivity contribution is 0.0398. The molecule has 2 amide bonds. The van der Waals surface area contributed by atoms with Crippen LogP contribution in [0.5, 0.6) is 0 Å². The maximum absolute atomic E-state index is 12.7. The molecule has 1 aromatic heterocycles. The van der Waals surface area contributed by atoms with Crippen molar-refractivity contribution in [3.8, 4) is 0 Å². The Morgan fingerprint density at radius 2 is 1.82 bits per heavy atom. The molecule has 3 rings (SSSR count). The van der Waals surface area contributed by atoms with Gasteiger partial charge in [-0.25, -0.2) is 14.8 Å². The normalized spacial score (nSPS) is 18.0. The fourth-order valence-electron chi connectivity index (χ4n) is 3.21. The lowest BCUT2D eigenvalue weighted by Crippen LogP contribution is -2.50. The van der Waals surface area contributed by atoms with E-state index in [0.29, 0.717) is 44.3 Å². The standard InChI is InChI=1S/C18H28N6O4/c1-2-28-18(26)24-7-5-23(6-8-24)17(25)15-13-16(21-14-20-15)19-3-4-22-9-11-27-12-10-22/h13-14H,2-12H2,1H3,(H,19,20,21). The number of morpholine rings is 1. The second kappa shape index (κ2) is 10.2. The highest BCUT2D eigenvalue weighted by molar-refractivity contribution is 5.93. The first-order chi connectivity index (χ1) is 13.7. The largest absolute Gasteiger partial charge is 0.450 e. The quantitative estimate of drug-likeness (QED) is 0.730. The van der Waals surface area contributed by atoms with Gasteiger partial charge in [0.05, 0.1) is 19.8 Å². The third-order valence-electron chi connectivity index (χ3n) is 4.82. The second-order valence-corrected chi connectivity index (χ2v) is 6.65. The lowest BCUT2D eigenvalue weighted by Gasteiger charge is -2.33. The van der Waals surface area contributed by atoms with E-state index < -0.39 is 0 Å². The summed E-state index contributed by atoms with van der Waals surface area (Å²) in [5, 5.41) is 3.25. The van der Waals surface area contributed by atoms with Crippen LogP contribution in [0.1, 0.15) is 17.4 Å². The van der Waals surface area contributed by atoms with Crippen molar-refractivity contribution in [3.05, 3.63) is 18.1 Å². The lowest BCUT2D eigenvalue weighted by atomic mass is 10.2. The molecule has 2 aliphatic heterocycles. The maximum Gasteiger partial charge on any atom is 0.409 e. The highest BCUT2D eigenvalue weighted by Gasteiger charge is 2.26. The summed E-state index contributed by atoms with van der Waals surface area (Å²) in [6.45, 7) is 9.02. The van der Waals surface area contributed by atoms with Crippen molar-refractivity contribution in [2.75, 3.05) is 77.5 Å². The molecule has 0 spiro atoms. The van der Waals surface area contributed by atoms with E-state index in [-0.39, 0.29) is 12.0 Å². The van der Waals surface area contributed by atoms with E-state index in [0.717, 1.165) is 39.4 Å². The molecule has 0 bridgehead atoms. The van der Waals surface area contributed by atoms with Gasteiger partial charge in [-0.15, -0.1) is 0 Å². The molecular weight excluding hydrogens is 364 g/mol. The number of amides is 2. The van der Waals surface area contributed by atoms with Gasteiger partial charge >= 0.3 is 6.09 Å². The van der Waals surface area contributed by atoms with Gasteiger partial charge in [0.25, 0.3) is 5.91 Å². The summed E-state index contributed by atoms with van der Waals surface area (Å²) in [5.74, 6) is 0.485. The molecule has 0 saturated carbocycles. The van der Waals surface area contributed by atoms with Crippen LogP contribution in [0.2, 0.25) is 0 Å². The summed E-state index contributed by atoms with van der Waals surface area (Å²) in [4.78, 5) is 38.5. The first-order valence-corrected chi connectivity index (χ1v) is 9.74. The molecule has 1 aromatic rings. The minimum Gasteiger partial charge on any atom is -0.450 e. The summed E-state index contributed by atoms with van der Waals surface area (Å²) in [6.07, 6.45) is 1.07. The number of hydrogen-bond donors (Lipinski definition) is 1. The van der Waals surface area contributed by atoms with Crippen molar-refractivity contribution >= 4 is 17.8 Å². The molecular formula is C18H28N6O4. The van der Waals surface area contributed by atoms with Crippen molar-refractivity contribution in [2.45, 2.75) is 6.92 Å². The van der Waals surface area contributed by atoms with E-state index >= 15 is 0 Å². The van der Waals surface area contributed by atoms with Gasteiger partial charge < -0.3 is 24.6 Å². The number of nitrogens with zero attached hydrogens (tertiary/aromatic N) is 5. The Hall–Kier alpha value is -2.46. The summed E-state index contributed by atoms with van der Waals surface area (Å²) in [6, 6.07) is 1.68. The molecule has 3 heterocycles. The smallest absolute Gasteiger partial charge is 0.409 e. The van der Waals surface area contributed by atoms with E-state index in [2.05, 4.69) is 20.2 Å². The highest BCUT2D eigenvalue weighted by atomic mass is 16.6. The van der Waals surface area contributed by atoms with Crippen LogP contribution in [0.3, 0.4) is 0 Å². The second-order valence-electron chi connectivity index (χ2n) is 6.65. The van der Waals surface area contributed by atoms with E-state index in [1.807, 2.05) is 0 Å². The third-order valence-corrected chi connectivity index (χ3v) is 4.82. The number of ether oxygens (including phenoxy) is 2. The predicted octanol–water partition coefficient (Wildman–Crippen LogP) is 0.135. The third kappa shape index (κ3) is 5.52. The zero-order valence-corrected chi connectivity index (χ0v) is 16.3. The van der Waals surface area contributed by atoms with Gasteiger partial charge in [-0.3, -0.25) is 9.69 Å². The average Bonchev–Trinajstić information content (AvgIpc) is 2.74. The van der Waals surface area contributed by atoms with Crippen LogP contribution >= 0.6 is 0 Å². The Labute approximate surface area is 164 Å². The van der Waals surface area contributed by atoms with Crippen molar-refractivity contribution in [3.63, 3.8) is 0 Å². The Kier molecular flexibility index (Phi) is 7.38. The van der Waals surface area contributed by atoms with Crippen LogP contribution in [0.4, 0.5) is 10.6 Å². The molecule has 1 N–H and O–H groups in total. The van der Waals surface area contributed by atoms with Crippen LogP contribution in [0, 0.1) is 0 Å². The molecule has 2 saturated heterocycles. The van der Waals surface area contributed by atoms with Crippen molar-refractivity contribution in [2.24, 2.45) is 0 Å². The zero-order valence-electron chi connectivity index (χ0n) is 16.3. The fraction of sp³-hybridized carbons (Fsp3) is 0.667. The number of hydrogen-bond acceptors (Lipinski definition) is 8. The number of nitrogens with one attached hydrogen (secondary N) is 1. The zero-order chi connectivity index (χ0) is 19.8. The number of anilines is 1. The van der Waals surface area contributed by atoms with Crippen molar-refractivity contribution < 1.29 is 19.1 Å². The van der Waals surface area contributed by atoms with Gasteiger partial charge in [0.15, 0.2) is 0 Å². The van der Waals surface area contributed by atoms with Gasteiger partial charge in [-0.05, 0) is 6.92 Å². The maximum atomic E-state index is 12.7. The number of carbonyl (C=O) groups is 2. The first kappa shape index (κ1) is 20.3. The average molecular weight is 392 g/mol. The summed E-state index contributed by atoms with van der Waals surface area (Å²) < 4.78 is 10.3. The Bertz CT molecular complexity index is 659. The van der Waals surface area contributed by atoms with E-state index in [1.54, 1.807) is 22.8 Å². The van der Waals surface area contributed by atoms with Gasteiger partial charge in [-0.1, -0.05) is 0 Å². The summed E-state index contributed by atoms with van der Waals surface area (Å²) in [7, 11) is 0. The van der Waals surface area contributed by atoms with Crippen LogP contribution in [0.15, 0.2) is 12.4 Å². The minimum absolute atomic E-state index is 0.151. The number of piperazine rings is 1. The molecule has 2 aliphatic rings. The van der Waals surface area contributed by atoms with Crippen LogP contribution in [-0.2, 0) is 9.47 Å². The van der Waals surface area contributed by atoms with Crippen LogP contribution in [-0.4, -0.2) is 109 Å². The number of aromatic nitrogens is 2. The van der Waals surface area contributed by atoms with E-state index in [9.17, 15) is 9.59 Å². The molecule has 154 valence electrons. The SMILES string of the molecule is CCOC(=O)N1CCN(C(=O)c2cc(NCCN3CCOCC3)ncn2)CC1. The topological polar surface area (TPSA) is 100 Å². The Balaban J connectivity index is 1.47. The molecule has 0 aromatic carbocycles. The molecule has 0 radical (unpaired) electrons. The molecule has 0 atom stereocenters. The highest BCUT2D eigenvalue weighted by Crippen LogP contribution is 2.11. The summed E-state index contributed by atoms with van der Waals surface area (Å²) >= 11 is 0. The summed E-state index contributed by atoms with van der Waals surface area (Å²) in [5.41, 5.74) is 0.355. The van der Waals surface area contributed by atoms with E-state index in [4.69, 9.17) is 9.47 Å². The van der Waals surface area contributed by atoms with Crippen molar-refractivity contribution in [1.29, 1.82) is 0 Å². The molecule has 28 heavy (non-hydrogen) atoms. The van der Waals surface area contributed by atoms with Gasteiger partial charge in [0.2, 0.25) is 0 Å². The number of rotatable bonds is 6. The molecule has 0 aliphatic carbocycles. The van der Waals surface area contributed by atoms with E-state index in [1.165, 1.54) is 6.33 Å². The predicted molar refractivity (Wildman–Crippen MR) is 102 cm³/mol. The minimum atomic E-state index is -0.330. The van der Waals surface area contributed by atoms with Crippen LogP contribution < -0.4 is 5.32 Å². The van der Waals surface area contributed by atoms with Crippen molar-refractivity contribution in [1.82, 2.24) is 24.7 Å². The monoisotopic (exact) mass is 392 g/mol. The Morgan fingerprint density at radius 1 is 1.11 bits per heavy atom. The molecule has 2 fully saturated rings. The molecule has 0 unspecified atom stereocenters. The van der Waals surface area contributed by atoms with Crippen LogP contribution in [0.25, 0.3) is 0 Å². The Morgan fingerprint density at radius 3 is 2.54 bits per heavy atom.